The highest BCUT2D eigenvalue weighted by atomic mass is 35.5. The van der Waals surface area contributed by atoms with Gasteiger partial charge in [-0.15, -0.1) is 11.3 Å². The van der Waals surface area contributed by atoms with E-state index < -0.39 is 0 Å². The van der Waals surface area contributed by atoms with Crippen molar-refractivity contribution in [3.05, 3.63) is 21.3 Å². The van der Waals surface area contributed by atoms with Crippen molar-refractivity contribution in [1.82, 2.24) is 10.2 Å². The van der Waals surface area contributed by atoms with E-state index in [-0.39, 0.29) is 0 Å². The number of nitrogens with zero attached hydrogens (tertiary/aromatic N) is 1. The fourth-order valence-electron chi connectivity index (χ4n) is 3.19. The van der Waals surface area contributed by atoms with Crippen LogP contribution in [0.1, 0.15) is 43.9 Å². The Bertz CT molecular complexity index is 394. The minimum absolute atomic E-state index is 0.720. The topological polar surface area (TPSA) is 15.3 Å². The van der Waals surface area contributed by atoms with Gasteiger partial charge in [0.2, 0.25) is 0 Å². The molecule has 1 aromatic rings. The predicted octanol–water partition coefficient (Wildman–Crippen LogP) is 4.39. The van der Waals surface area contributed by atoms with Crippen molar-refractivity contribution in [3.8, 4) is 0 Å². The molecule has 114 valence electrons. The molecule has 0 radical (unpaired) electrons. The summed E-state index contributed by atoms with van der Waals surface area (Å²) in [6, 6.07) is 4.87. The quantitative estimate of drug-likeness (QED) is 0.803. The largest absolute Gasteiger partial charge is 0.314 e. The zero-order chi connectivity index (χ0) is 14.4. The van der Waals surface area contributed by atoms with Gasteiger partial charge in [-0.05, 0) is 50.9 Å². The van der Waals surface area contributed by atoms with Crippen molar-refractivity contribution >= 4 is 22.9 Å². The Balaban J connectivity index is 1.82. The summed E-state index contributed by atoms with van der Waals surface area (Å²) < 4.78 is 0.897. The third kappa shape index (κ3) is 5.03. The van der Waals surface area contributed by atoms with Crippen molar-refractivity contribution in [3.63, 3.8) is 0 Å². The van der Waals surface area contributed by atoms with Gasteiger partial charge in [-0.1, -0.05) is 31.4 Å². The second-order valence-corrected chi connectivity index (χ2v) is 7.81. The Morgan fingerprint density at radius 2 is 2.15 bits per heavy atom. The monoisotopic (exact) mass is 314 g/mol. The molecule has 0 spiro atoms. The molecule has 2 rings (SSSR count). The molecule has 1 fully saturated rings. The van der Waals surface area contributed by atoms with Crippen LogP contribution in [-0.4, -0.2) is 31.1 Å². The van der Waals surface area contributed by atoms with E-state index in [4.69, 9.17) is 11.6 Å². The van der Waals surface area contributed by atoms with Crippen LogP contribution in [0.3, 0.4) is 0 Å². The summed E-state index contributed by atoms with van der Waals surface area (Å²) in [5.41, 5.74) is 0. The van der Waals surface area contributed by atoms with Gasteiger partial charge in [-0.3, -0.25) is 0 Å². The van der Waals surface area contributed by atoms with Gasteiger partial charge in [0.25, 0.3) is 0 Å². The summed E-state index contributed by atoms with van der Waals surface area (Å²) in [7, 11) is 2.24. The van der Waals surface area contributed by atoms with Crippen molar-refractivity contribution in [2.45, 2.75) is 51.6 Å². The Morgan fingerprint density at radius 1 is 1.35 bits per heavy atom. The molecule has 1 aliphatic carbocycles. The predicted molar refractivity (Wildman–Crippen MR) is 89.7 cm³/mol. The first-order valence-electron chi connectivity index (χ1n) is 7.85. The number of halogens is 1. The van der Waals surface area contributed by atoms with Crippen LogP contribution in [0, 0.1) is 5.92 Å². The Hall–Kier alpha value is -0.0900. The van der Waals surface area contributed by atoms with Crippen LogP contribution in [0.15, 0.2) is 12.1 Å². The first-order chi connectivity index (χ1) is 9.69. The maximum absolute atomic E-state index is 6.01. The molecule has 4 heteroatoms. The second-order valence-electron chi connectivity index (χ2n) is 6.01. The molecular formula is C16H27ClN2S. The molecule has 1 aromatic heterocycles. The number of hydrogen-bond acceptors (Lipinski definition) is 3. The van der Waals surface area contributed by atoms with Gasteiger partial charge in [-0.25, -0.2) is 0 Å². The lowest BCUT2D eigenvalue weighted by atomic mass is 9.84. The van der Waals surface area contributed by atoms with Crippen LogP contribution in [0.5, 0.6) is 0 Å². The molecule has 0 saturated heterocycles. The molecule has 0 aromatic carbocycles. The van der Waals surface area contributed by atoms with E-state index >= 15 is 0 Å². The fourth-order valence-corrected chi connectivity index (χ4v) is 4.36. The van der Waals surface area contributed by atoms with Crippen LogP contribution >= 0.6 is 22.9 Å². The van der Waals surface area contributed by atoms with Gasteiger partial charge in [0.1, 0.15) is 0 Å². The van der Waals surface area contributed by atoms with E-state index in [2.05, 4.69) is 30.3 Å². The maximum Gasteiger partial charge on any atom is 0.0931 e. The lowest BCUT2D eigenvalue weighted by molar-refractivity contribution is 0.186. The summed E-state index contributed by atoms with van der Waals surface area (Å²) in [5, 5.41) is 3.75. The minimum Gasteiger partial charge on any atom is -0.314 e. The zero-order valence-corrected chi connectivity index (χ0v) is 14.3. The average Bonchev–Trinajstić information content (AvgIpc) is 2.83. The fraction of sp³-hybridized carbons (Fsp3) is 0.750. The van der Waals surface area contributed by atoms with E-state index in [1.807, 2.05) is 6.07 Å². The van der Waals surface area contributed by atoms with E-state index in [0.717, 1.165) is 29.4 Å². The van der Waals surface area contributed by atoms with E-state index in [1.54, 1.807) is 11.3 Å². The molecule has 1 heterocycles. The van der Waals surface area contributed by atoms with Gasteiger partial charge >= 0.3 is 0 Å². The molecule has 0 bridgehead atoms. The first kappa shape index (κ1) is 16.3. The van der Waals surface area contributed by atoms with Crippen molar-refractivity contribution < 1.29 is 0 Å². The normalized spacial score (nSPS) is 23.4. The third-order valence-corrected chi connectivity index (χ3v) is 5.38. The van der Waals surface area contributed by atoms with Crippen molar-refractivity contribution in [1.29, 1.82) is 0 Å². The van der Waals surface area contributed by atoms with Crippen LogP contribution in [0.25, 0.3) is 0 Å². The molecule has 2 nitrogen and oxygen atoms in total. The first-order valence-corrected chi connectivity index (χ1v) is 9.04. The summed E-state index contributed by atoms with van der Waals surface area (Å²) >= 11 is 7.71. The summed E-state index contributed by atoms with van der Waals surface area (Å²) in [6.45, 7) is 5.62. The van der Waals surface area contributed by atoms with E-state index in [9.17, 15) is 0 Å². The smallest absolute Gasteiger partial charge is 0.0931 e. The summed E-state index contributed by atoms with van der Waals surface area (Å²) in [4.78, 5) is 3.82. The zero-order valence-electron chi connectivity index (χ0n) is 12.7. The molecule has 2 unspecified atom stereocenters. The number of nitrogens with one attached hydrogen (secondary N) is 1. The minimum atomic E-state index is 0.720. The Kier molecular flexibility index (Phi) is 6.82. The van der Waals surface area contributed by atoms with Crippen LogP contribution < -0.4 is 5.32 Å². The third-order valence-electron chi connectivity index (χ3n) is 4.17. The standard InChI is InChI=1S/C16H27ClN2S/c1-3-10-18-15-7-5-4-6-13(15)11-19(2)12-14-8-9-16(17)20-14/h8-9,13,15,18H,3-7,10-12H2,1-2H3. The highest BCUT2D eigenvalue weighted by Gasteiger charge is 2.25. The van der Waals surface area contributed by atoms with Crippen LogP contribution in [-0.2, 0) is 6.54 Å². The highest BCUT2D eigenvalue weighted by molar-refractivity contribution is 7.16. The number of hydrogen-bond donors (Lipinski definition) is 1. The van der Waals surface area contributed by atoms with E-state index in [0.29, 0.717) is 0 Å². The highest BCUT2D eigenvalue weighted by Crippen LogP contribution is 2.27. The van der Waals surface area contributed by atoms with Crippen LogP contribution in [0.4, 0.5) is 0 Å². The molecule has 0 aliphatic heterocycles. The Labute approximate surface area is 132 Å². The molecule has 1 aliphatic rings. The lowest BCUT2D eigenvalue weighted by Gasteiger charge is -2.35. The lowest BCUT2D eigenvalue weighted by Crippen LogP contribution is -2.43. The number of thiophene rings is 1. The Morgan fingerprint density at radius 3 is 2.85 bits per heavy atom. The van der Waals surface area contributed by atoms with Gasteiger partial charge in [0.05, 0.1) is 4.34 Å². The summed E-state index contributed by atoms with van der Waals surface area (Å²) in [6.07, 6.45) is 6.74. The van der Waals surface area contributed by atoms with Gasteiger partial charge < -0.3 is 10.2 Å². The number of rotatable bonds is 7. The van der Waals surface area contributed by atoms with Crippen LogP contribution in [0.2, 0.25) is 4.34 Å². The SMILES string of the molecule is CCCNC1CCCCC1CN(C)Cc1ccc(Cl)s1. The average molecular weight is 315 g/mol. The molecular weight excluding hydrogens is 288 g/mol. The van der Waals surface area contributed by atoms with Gasteiger partial charge in [-0.2, -0.15) is 0 Å². The van der Waals surface area contributed by atoms with E-state index in [1.165, 1.54) is 43.5 Å². The van der Waals surface area contributed by atoms with Gasteiger partial charge in [0, 0.05) is 24.0 Å². The van der Waals surface area contributed by atoms with Crippen molar-refractivity contribution in [2.24, 2.45) is 5.92 Å². The maximum atomic E-state index is 6.01. The molecule has 20 heavy (non-hydrogen) atoms. The molecule has 1 N–H and O–H groups in total. The van der Waals surface area contributed by atoms with Crippen molar-refractivity contribution in [2.75, 3.05) is 20.1 Å². The molecule has 2 atom stereocenters. The summed E-state index contributed by atoms with van der Waals surface area (Å²) in [5.74, 6) is 0.802. The second kappa shape index (κ2) is 8.38. The molecule has 0 amide bonds. The molecule has 1 saturated carbocycles. The van der Waals surface area contributed by atoms with Gasteiger partial charge in [0.15, 0.2) is 0 Å².